The number of nitrogen functional groups attached to an aromatic ring is 1. The second-order valence-corrected chi connectivity index (χ2v) is 6.63. The summed E-state index contributed by atoms with van der Waals surface area (Å²) in [5.41, 5.74) is 7.31. The predicted molar refractivity (Wildman–Crippen MR) is 109 cm³/mol. The number of amides is 1. The lowest BCUT2D eigenvalue weighted by molar-refractivity contribution is 0.0786. The van der Waals surface area contributed by atoms with E-state index in [-0.39, 0.29) is 11.9 Å². The minimum atomic E-state index is -0.0183. The highest BCUT2D eigenvalue weighted by Crippen LogP contribution is 2.17. The Morgan fingerprint density at radius 3 is 2.50 bits per heavy atom. The Hall–Kier alpha value is -3.46. The number of hydrogen-bond donors (Lipinski definition) is 2. The summed E-state index contributed by atoms with van der Waals surface area (Å²) < 4.78 is 1.46. The van der Waals surface area contributed by atoms with Crippen molar-refractivity contribution in [2.75, 3.05) is 45.3 Å². The highest BCUT2D eigenvalue weighted by Gasteiger charge is 2.13. The fourth-order valence-corrected chi connectivity index (χ4v) is 2.52. The van der Waals surface area contributed by atoms with Gasteiger partial charge in [0.1, 0.15) is 0 Å². The molecule has 0 atom stereocenters. The van der Waals surface area contributed by atoms with Gasteiger partial charge in [0.2, 0.25) is 11.9 Å². The number of aromatic nitrogens is 4. The van der Waals surface area contributed by atoms with E-state index in [1.807, 2.05) is 43.3 Å². The molecule has 28 heavy (non-hydrogen) atoms. The third-order valence-corrected chi connectivity index (χ3v) is 4.12. The SMILES string of the molecule is CN(C)CCN(C)C(=O)c1ccc(Nc2nc(N)n(-c3ccccn3)n2)cc1. The van der Waals surface area contributed by atoms with E-state index in [1.54, 1.807) is 36.3 Å². The van der Waals surface area contributed by atoms with Gasteiger partial charge in [-0.1, -0.05) is 6.07 Å². The van der Waals surface area contributed by atoms with Crippen LogP contribution >= 0.6 is 0 Å². The molecule has 9 heteroatoms. The van der Waals surface area contributed by atoms with Crippen molar-refractivity contribution in [3.8, 4) is 5.82 Å². The Morgan fingerprint density at radius 2 is 1.86 bits per heavy atom. The smallest absolute Gasteiger partial charge is 0.253 e. The molecule has 0 bridgehead atoms. The zero-order valence-electron chi connectivity index (χ0n) is 16.2. The summed E-state index contributed by atoms with van der Waals surface area (Å²) in [6.07, 6.45) is 1.66. The largest absolute Gasteiger partial charge is 0.368 e. The van der Waals surface area contributed by atoms with Crippen LogP contribution in [0, 0.1) is 0 Å². The van der Waals surface area contributed by atoms with Gasteiger partial charge in [0.15, 0.2) is 5.82 Å². The Balaban J connectivity index is 1.67. The maximum atomic E-state index is 12.5. The monoisotopic (exact) mass is 380 g/mol. The first kappa shape index (κ1) is 19.3. The number of pyridine rings is 1. The predicted octanol–water partition coefficient (Wildman–Crippen LogP) is 1.62. The molecule has 0 fully saturated rings. The van der Waals surface area contributed by atoms with Gasteiger partial charge < -0.3 is 20.9 Å². The summed E-state index contributed by atoms with van der Waals surface area (Å²) in [5.74, 6) is 1.15. The molecule has 1 amide bonds. The summed E-state index contributed by atoms with van der Waals surface area (Å²) >= 11 is 0. The third-order valence-electron chi connectivity index (χ3n) is 4.12. The van der Waals surface area contributed by atoms with Crippen molar-refractivity contribution in [3.05, 3.63) is 54.2 Å². The quantitative estimate of drug-likeness (QED) is 0.642. The summed E-state index contributed by atoms with van der Waals surface area (Å²) in [6.45, 7) is 1.48. The van der Waals surface area contributed by atoms with Gasteiger partial charge in [-0.2, -0.15) is 9.67 Å². The first-order valence-electron chi connectivity index (χ1n) is 8.85. The number of likely N-dealkylation sites (N-methyl/N-ethyl adjacent to an activating group) is 2. The van der Waals surface area contributed by atoms with Crippen molar-refractivity contribution in [1.82, 2.24) is 29.5 Å². The normalized spacial score (nSPS) is 10.9. The molecule has 3 aromatic rings. The molecule has 146 valence electrons. The average Bonchev–Trinajstić information content (AvgIpc) is 3.06. The van der Waals surface area contributed by atoms with Crippen molar-refractivity contribution in [2.45, 2.75) is 0 Å². The highest BCUT2D eigenvalue weighted by molar-refractivity contribution is 5.94. The number of nitrogens with zero attached hydrogens (tertiary/aromatic N) is 6. The molecule has 3 rings (SSSR count). The van der Waals surface area contributed by atoms with Gasteiger partial charge in [-0.3, -0.25) is 4.79 Å². The number of anilines is 3. The van der Waals surface area contributed by atoms with E-state index in [9.17, 15) is 4.79 Å². The van der Waals surface area contributed by atoms with E-state index in [2.05, 4.69) is 20.4 Å². The van der Waals surface area contributed by atoms with Gasteiger partial charge >= 0.3 is 0 Å². The Morgan fingerprint density at radius 1 is 1.11 bits per heavy atom. The molecule has 0 radical (unpaired) electrons. The Labute approximate surface area is 163 Å². The average molecular weight is 380 g/mol. The van der Waals surface area contributed by atoms with Crippen LogP contribution in [0.3, 0.4) is 0 Å². The lowest BCUT2D eigenvalue weighted by atomic mass is 10.2. The van der Waals surface area contributed by atoms with Crippen molar-refractivity contribution in [2.24, 2.45) is 0 Å². The van der Waals surface area contributed by atoms with Crippen LogP contribution in [0.1, 0.15) is 10.4 Å². The third kappa shape index (κ3) is 4.63. The highest BCUT2D eigenvalue weighted by atomic mass is 16.2. The van der Waals surface area contributed by atoms with E-state index in [0.717, 1.165) is 12.2 Å². The molecule has 9 nitrogen and oxygen atoms in total. The number of rotatable bonds is 7. The van der Waals surface area contributed by atoms with Crippen LogP contribution in [0.25, 0.3) is 5.82 Å². The van der Waals surface area contributed by atoms with Crippen LogP contribution in [0.4, 0.5) is 17.6 Å². The molecule has 1 aromatic carbocycles. The van der Waals surface area contributed by atoms with E-state index >= 15 is 0 Å². The molecule has 3 N–H and O–H groups in total. The molecule has 0 aliphatic heterocycles. The molecule has 2 aromatic heterocycles. The number of carbonyl (C=O) groups is 1. The van der Waals surface area contributed by atoms with Gasteiger partial charge in [0, 0.05) is 37.6 Å². The van der Waals surface area contributed by atoms with Gasteiger partial charge in [-0.25, -0.2) is 4.98 Å². The van der Waals surface area contributed by atoms with Crippen LogP contribution in [0.15, 0.2) is 48.7 Å². The molecule has 0 saturated carbocycles. The van der Waals surface area contributed by atoms with Crippen molar-refractivity contribution in [3.63, 3.8) is 0 Å². The van der Waals surface area contributed by atoms with Gasteiger partial charge in [0.05, 0.1) is 0 Å². The fourth-order valence-electron chi connectivity index (χ4n) is 2.52. The van der Waals surface area contributed by atoms with Crippen molar-refractivity contribution >= 4 is 23.5 Å². The van der Waals surface area contributed by atoms with Gasteiger partial charge in [0.25, 0.3) is 5.91 Å². The van der Waals surface area contributed by atoms with Crippen molar-refractivity contribution < 1.29 is 4.79 Å². The molecule has 0 spiro atoms. The molecule has 0 saturated heterocycles. The summed E-state index contributed by atoms with van der Waals surface area (Å²) in [6, 6.07) is 12.6. The number of hydrogen-bond acceptors (Lipinski definition) is 7. The summed E-state index contributed by atoms with van der Waals surface area (Å²) in [5, 5.41) is 7.42. The standard InChI is InChI=1S/C19H24N8O/c1-25(2)12-13-26(3)17(28)14-7-9-15(10-8-14)22-19-23-18(20)27(24-19)16-6-4-5-11-21-16/h4-11H,12-13H2,1-3H3,(H3,20,22,23,24). The Kier molecular flexibility index (Phi) is 5.85. The van der Waals surface area contributed by atoms with E-state index in [4.69, 9.17) is 5.73 Å². The fraction of sp³-hybridized carbons (Fsp3) is 0.263. The summed E-state index contributed by atoms with van der Waals surface area (Å²) in [7, 11) is 5.76. The lowest BCUT2D eigenvalue weighted by Crippen LogP contribution is -2.33. The number of nitrogens with two attached hydrogens (primary N) is 1. The minimum absolute atomic E-state index is 0.0183. The van der Waals surface area contributed by atoms with Crippen molar-refractivity contribution in [1.29, 1.82) is 0 Å². The zero-order chi connectivity index (χ0) is 20.1. The lowest BCUT2D eigenvalue weighted by Gasteiger charge is -2.19. The molecule has 0 aliphatic rings. The number of nitrogens with one attached hydrogen (secondary N) is 1. The first-order valence-corrected chi connectivity index (χ1v) is 8.85. The maximum Gasteiger partial charge on any atom is 0.253 e. The number of benzene rings is 1. The minimum Gasteiger partial charge on any atom is -0.368 e. The molecule has 0 aliphatic carbocycles. The molecule has 2 heterocycles. The molecular weight excluding hydrogens is 356 g/mol. The van der Waals surface area contributed by atoms with Crippen LogP contribution in [0.5, 0.6) is 0 Å². The van der Waals surface area contributed by atoms with Gasteiger partial charge in [-0.15, -0.1) is 5.10 Å². The van der Waals surface area contributed by atoms with Crippen LogP contribution < -0.4 is 11.1 Å². The van der Waals surface area contributed by atoms with E-state index in [1.165, 1.54) is 4.68 Å². The van der Waals surface area contributed by atoms with Crippen LogP contribution in [-0.2, 0) is 0 Å². The zero-order valence-corrected chi connectivity index (χ0v) is 16.2. The van der Waals surface area contributed by atoms with Crippen LogP contribution in [0.2, 0.25) is 0 Å². The van der Waals surface area contributed by atoms with E-state index in [0.29, 0.717) is 23.9 Å². The first-order chi connectivity index (χ1) is 13.4. The second-order valence-electron chi connectivity index (χ2n) is 6.63. The van der Waals surface area contributed by atoms with Crippen LogP contribution in [-0.4, -0.2) is 69.7 Å². The molecule has 0 unspecified atom stereocenters. The number of carbonyl (C=O) groups excluding carboxylic acids is 1. The Bertz CT molecular complexity index is 921. The van der Waals surface area contributed by atoms with E-state index < -0.39 is 0 Å². The second kappa shape index (κ2) is 8.49. The maximum absolute atomic E-state index is 12.5. The van der Waals surface area contributed by atoms with Gasteiger partial charge in [-0.05, 0) is 50.5 Å². The molecular formula is C19H24N8O. The summed E-state index contributed by atoms with van der Waals surface area (Å²) in [4.78, 5) is 24.6. The topological polar surface area (TPSA) is 105 Å².